The Morgan fingerprint density at radius 1 is 1.25 bits per heavy atom. The van der Waals surface area contributed by atoms with Crippen molar-refractivity contribution >= 4 is 17.6 Å². The number of nitrogens with two attached hydrogens (primary N) is 1. The normalized spacial score (nSPS) is 13.9. The Bertz CT molecular complexity index is 660. The molecule has 100 valence electrons. The molecule has 2 N–H and O–H groups in total. The van der Waals surface area contributed by atoms with Crippen molar-refractivity contribution in [2.45, 2.75) is 29.7 Å². The summed E-state index contributed by atoms with van der Waals surface area (Å²) in [5.41, 5.74) is 8.38. The molecule has 0 radical (unpaired) electrons. The molecule has 1 aliphatic rings. The molecule has 0 bridgehead atoms. The van der Waals surface area contributed by atoms with E-state index in [1.165, 1.54) is 5.56 Å². The predicted octanol–water partition coefficient (Wildman–Crippen LogP) is 3.10. The molecule has 0 atom stereocenters. The van der Waals surface area contributed by atoms with Crippen LogP contribution in [0.3, 0.4) is 0 Å². The Hall–Kier alpha value is -2.06. The fourth-order valence-electron chi connectivity index (χ4n) is 2.03. The summed E-state index contributed by atoms with van der Waals surface area (Å²) in [6.45, 7) is 0. The molecule has 0 aliphatic heterocycles. The lowest BCUT2D eigenvalue weighted by Gasteiger charge is -2.07. The van der Waals surface area contributed by atoms with Crippen molar-refractivity contribution in [3.8, 4) is 6.07 Å². The number of hydrogen-bond donors (Lipinski definition) is 1. The zero-order chi connectivity index (χ0) is 13.9. The van der Waals surface area contributed by atoms with Gasteiger partial charge in [0.25, 0.3) is 0 Å². The Morgan fingerprint density at radius 2 is 2.00 bits per heavy atom. The van der Waals surface area contributed by atoms with Gasteiger partial charge in [0.15, 0.2) is 5.16 Å². The molecule has 2 aromatic rings. The number of nitrogens with zero attached hydrogens (tertiary/aromatic N) is 3. The van der Waals surface area contributed by atoms with Crippen LogP contribution in [0.15, 0.2) is 35.5 Å². The van der Waals surface area contributed by atoms with Crippen molar-refractivity contribution in [3.63, 3.8) is 0 Å². The molecule has 1 fully saturated rings. The van der Waals surface area contributed by atoms with Crippen molar-refractivity contribution in [2.75, 3.05) is 5.73 Å². The van der Waals surface area contributed by atoms with Gasteiger partial charge >= 0.3 is 0 Å². The number of thioether (sulfide) groups is 1. The van der Waals surface area contributed by atoms with Gasteiger partial charge in [0, 0.05) is 11.7 Å². The van der Waals surface area contributed by atoms with E-state index >= 15 is 0 Å². The number of anilines is 1. The molecule has 3 rings (SSSR count). The van der Waals surface area contributed by atoms with Gasteiger partial charge in [0.2, 0.25) is 0 Å². The van der Waals surface area contributed by atoms with Gasteiger partial charge < -0.3 is 5.73 Å². The Labute approximate surface area is 122 Å². The van der Waals surface area contributed by atoms with Crippen LogP contribution in [0, 0.1) is 11.3 Å². The molecule has 1 aromatic carbocycles. The molecule has 20 heavy (non-hydrogen) atoms. The SMILES string of the molecule is N#Cc1c(N)nc(SCc2ccccc2)nc1C1CC1. The molecule has 0 amide bonds. The maximum atomic E-state index is 9.16. The van der Waals surface area contributed by atoms with E-state index in [-0.39, 0.29) is 0 Å². The molecule has 1 heterocycles. The Kier molecular flexibility index (Phi) is 3.57. The fourth-order valence-corrected chi connectivity index (χ4v) is 2.84. The lowest BCUT2D eigenvalue weighted by atomic mass is 10.1. The minimum atomic E-state index is 0.306. The second-order valence-electron chi connectivity index (χ2n) is 4.81. The third kappa shape index (κ3) is 2.75. The van der Waals surface area contributed by atoms with Crippen LogP contribution < -0.4 is 5.73 Å². The first kappa shape index (κ1) is 12.9. The first-order chi connectivity index (χ1) is 9.78. The number of nitrogen functional groups attached to an aromatic ring is 1. The maximum absolute atomic E-state index is 9.16. The molecule has 4 nitrogen and oxygen atoms in total. The average Bonchev–Trinajstić information content (AvgIpc) is 3.30. The first-order valence-electron chi connectivity index (χ1n) is 6.52. The number of hydrogen-bond acceptors (Lipinski definition) is 5. The van der Waals surface area contributed by atoms with Crippen LogP contribution in [0.4, 0.5) is 5.82 Å². The summed E-state index contributed by atoms with van der Waals surface area (Å²) < 4.78 is 0. The largest absolute Gasteiger partial charge is 0.382 e. The van der Waals surface area contributed by atoms with E-state index in [0.29, 0.717) is 22.5 Å². The Morgan fingerprint density at radius 3 is 2.65 bits per heavy atom. The van der Waals surface area contributed by atoms with Crippen LogP contribution >= 0.6 is 11.8 Å². The number of aromatic nitrogens is 2. The zero-order valence-corrected chi connectivity index (χ0v) is 11.7. The topological polar surface area (TPSA) is 75.6 Å². The molecule has 1 aliphatic carbocycles. The van der Waals surface area contributed by atoms with Crippen LogP contribution in [-0.4, -0.2) is 9.97 Å². The molecular formula is C15H14N4S. The maximum Gasteiger partial charge on any atom is 0.190 e. The standard InChI is InChI=1S/C15H14N4S/c16-8-12-13(11-6-7-11)18-15(19-14(12)17)20-9-10-4-2-1-3-5-10/h1-5,11H,6-7,9H2,(H2,17,18,19). The smallest absolute Gasteiger partial charge is 0.190 e. The summed E-state index contributed by atoms with van der Waals surface area (Å²) in [5.74, 6) is 1.50. The van der Waals surface area contributed by atoms with Gasteiger partial charge in [0.05, 0.1) is 5.69 Å². The van der Waals surface area contributed by atoms with Gasteiger partial charge in [0.1, 0.15) is 17.5 Å². The van der Waals surface area contributed by atoms with E-state index in [1.807, 2.05) is 18.2 Å². The molecule has 1 saturated carbocycles. The average molecular weight is 282 g/mol. The summed E-state index contributed by atoms with van der Waals surface area (Å²) in [6, 6.07) is 12.3. The predicted molar refractivity (Wildman–Crippen MR) is 79.1 cm³/mol. The highest BCUT2D eigenvalue weighted by Gasteiger charge is 2.29. The van der Waals surface area contributed by atoms with Crippen molar-refractivity contribution in [1.82, 2.24) is 9.97 Å². The Balaban J connectivity index is 1.82. The number of rotatable bonds is 4. The van der Waals surface area contributed by atoms with Crippen molar-refractivity contribution in [2.24, 2.45) is 0 Å². The summed E-state index contributed by atoms with van der Waals surface area (Å²) >= 11 is 1.55. The van der Waals surface area contributed by atoms with Gasteiger partial charge in [-0.3, -0.25) is 0 Å². The highest BCUT2D eigenvalue weighted by Crippen LogP contribution is 2.42. The van der Waals surface area contributed by atoms with Crippen molar-refractivity contribution in [3.05, 3.63) is 47.2 Å². The second-order valence-corrected chi connectivity index (χ2v) is 5.75. The fraction of sp³-hybridized carbons (Fsp3) is 0.267. The van der Waals surface area contributed by atoms with Crippen LogP contribution in [0.25, 0.3) is 0 Å². The first-order valence-corrected chi connectivity index (χ1v) is 7.50. The van der Waals surface area contributed by atoms with E-state index in [9.17, 15) is 0 Å². The lowest BCUT2D eigenvalue weighted by Crippen LogP contribution is -2.04. The summed E-state index contributed by atoms with van der Waals surface area (Å²) in [6.07, 6.45) is 2.18. The van der Waals surface area contributed by atoms with Crippen LogP contribution in [0.2, 0.25) is 0 Å². The minimum Gasteiger partial charge on any atom is -0.382 e. The third-order valence-corrected chi connectivity index (χ3v) is 4.15. The highest BCUT2D eigenvalue weighted by molar-refractivity contribution is 7.98. The van der Waals surface area contributed by atoms with E-state index in [4.69, 9.17) is 11.0 Å². The highest BCUT2D eigenvalue weighted by atomic mass is 32.2. The monoisotopic (exact) mass is 282 g/mol. The molecule has 0 spiro atoms. The van der Waals surface area contributed by atoms with Gasteiger partial charge in [-0.05, 0) is 18.4 Å². The molecule has 0 saturated heterocycles. The van der Waals surface area contributed by atoms with Crippen molar-refractivity contribution in [1.29, 1.82) is 5.26 Å². The van der Waals surface area contributed by atoms with E-state index in [2.05, 4.69) is 28.2 Å². The molecule has 1 aromatic heterocycles. The zero-order valence-electron chi connectivity index (χ0n) is 10.9. The minimum absolute atomic E-state index is 0.306. The summed E-state index contributed by atoms with van der Waals surface area (Å²) in [7, 11) is 0. The number of nitriles is 1. The van der Waals surface area contributed by atoms with E-state index in [1.54, 1.807) is 11.8 Å². The lowest BCUT2D eigenvalue weighted by molar-refractivity contribution is 0.881. The van der Waals surface area contributed by atoms with Gasteiger partial charge in [-0.15, -0.1) is 0 Å². The van der Waals surface area contributed by atoms with E-state index < -0.39 is 0 Å². The van der Waals surface area contributed by atoms with Crippen LogP contribution in [0.1, 0.15) is 35.6 Å². The third-order valence-electron chi connectivity index (χ3n) is 3.23. The van der Waals surface area contributed by atoms with Crippen molar-refractivity contribution < 1.29 is 0 Å². The van der Waals surface area contributed by atoms with Gasteiger partial charge in [-0.1, -0.05) is 42.1 Å². The van der Waals surface area contributed by atoms with Gasteiger partial charge in [-0.25, -0.2) is 9.97 Å². The van der Waals surface area contributed by atoms with Crippen LogP contribution in [-0.2, 0) is 5.75 Å². The summed E-state index contributed by atoms with van der Waals surface area (Å²) in [5, 5.41) is 9.82. The molecule has 5 heteroatoms. The second kappa shape index (κ2) is 5.51. The summed E-state index contributed by atoms with van der Waals surface area (Å²) in [4.78, 5) is 8.77. The number of benzene rings is 1. The quantitative estimate of drug-likeness (QED) is 0.689. The molecule has 0 unspecified atom stereocenters. The van der Waals surface area contributed by atoms with Gasteiger partial charge in [-0.2, -0.15) is 5.26 Å². The van der Waals surface area contributed by atoms with Crippen LogP contribution in [0.5, 0.6) is 0 Å². The van der Waals surface area contributed by atoms with E-state index in [0.717, 1.165) is 24.3 Å². The molecular weight excluding hydrogens is 268 g/mol.